The molecule has 0 aromatic heterocycles. The van der Waals surface area contributed by atoms with Crippen LogP contribution in [0.3, 0.4) is 0 Å². The number of oxime groups is 1. The number of nitrogens with one attached hydrogen (secondary N) is 1. The Morgan fingerprint density at radius 2 is 2.11 bits per heavy atom. The molecule has 1 aliphatic rings. The Morgan fingerprint density at radius 3 is 2.85 bits per heavy atom. The summed E-state index contributed by atoms with van der Waals surface area (Å²) < 4.78 is 13.5. The Kier molecular flexibility index (Phi) is 6.06. The Labute approximate surface area is 158 Å². The standard InChI is InChI=1S/C21H24FN3O2/c1-3-23-21(26)25(13-16-8-6-9-17(22)11-16)14-18-12-20(24-27-18)19-10-5-4-7-15(19)2/h4-11,18H,3,12-14H2,1-2H3,(H,23,26)/t18-/m0/s1. The van der Waals surface area contributed by atoms with Gasteiger partial charge in [0, 0.05) is 25.1 Å². The van der Waals surface area contributed by atoms with E-state index in [-0.39, 0.29) is 18.0 Å². The molecule has 2 amide bonds. The highest BCUT2D eigenvalue weighted by molar-refractivity contribution is 6.02. The summed E-state index contributed by atoms with van der Waals surface area (Å²) in [5.41, 5.74) is 3.83. The number of urea groups is 1. The van der Waals surface area contributed by atoms with E-state index in [1.54, 1.807) is 17.0 Å². The Morgan fingerprint density at radius 1 is 1.30 bits per heavy atom. The predicted molar refractivity (Wildman–Crippen MR) is 103 cm³/mol. The van der Waals surface area contributed by atoms with Crippen molar-refractivity contribution in [2.45, 2.75) is 32.9 Å². The van der Waals surface area contributed by atoms with Crippen LogP contribution in [-0.2, 0) is 11.4 Å². The molecule has 1 N–H and O–H groups in total. The molecule has 0 fully saturated rings. The molecule has 1 atom stereocenters. The normalized spacial score (nSPS) is 15.8. The zero-order valence-electron chi connectivity index (χ0n) is 15.6. The lowest BCUT2D eigenvalue weighted by molar-refractivity contribution is 0.0590. The molecule has 0 radical (unpaired) electrons. The third-order valence-electron chi connectivity index (χ3n) is 4.49. The number of halogens is 1. The monoisotopic (exact) mass is 369 g/mol. The lowest BCUT2D eigenvalue weighted by Crippen LogP contribution is -2.43. The Hall–Kier alpha value is -2.89. The van der Waals surface area contributed by atoms with Crippen LogP contribution in [0, 0.1) is 12.7 Å². The molecule has 5 nitrogen and oxygen atoms in total. The first-order valence-electron chi connectivity index (χ1n) is 9.12. The fourth-order valence-electron chi connectivity index (χ4n) is 3.17. The van der Waals surface area contributed by atoms with E-state index in [4.69, 9.17) is 4.84 Å². The summed E-state index contributed by atoms with van der Waals surface area (Å²) in [6.45, 7) is 5.11. The molecule has 0 aliphatic carbocycles. The van der Waals surface area contributed by atoms with Crippen molar-refractivity contribution in [3.05, 3.63) is 71.0 Å². The zero-order chi connectivity index (χ0) is 19.2. The number of amides is 2. The maximum Gasteiger partial charge on any atom is 0.317 e. The summed E-state index contributed by atoms with van der Waals surface area (Å²) in [5.74, 6) is -0.314. The Bertz CT molecular complexity index is 838. The molecule has 0 unspecified atom stereocenters. The van der Waals surface area contributed by atoms with Crippen LogP contribution in [0.15, 0.2) is 53.7 Å². The van der Waals surface area contributed by atoms with Crippen molar-refractivity contribution in [3.63, 3.8) is 0 Å². The summed E-state index contributed by atoms with van der Waals surface area (Å²) in [7, 11) is 0. The summed E-state index contributed by atoms with van der Waals surface area (Å²) in [6, 6.07) is 14.1. The molecule has 0 saturated heterocycles. The van der Waals surface area contributed by atoms with E-state index < -0.39 is 0 Å². The van der Waals surface area contributed by atoms with Crippen LogP contribution in [-0.4, -0.2) is 35.8 Å². The van der Waals surface area contributed by atoms with Gasteiger partial charge in [-0.2, -0.15) is 0 Å². The van der Waals surface area contributed by atoms with Crippen molar-refractivity contribution in [1.82, 2.24) is 10.2 Å². The molecule has 0 spiro atoms. The van der Waals surface area contributed by atoms with Gasteiger partial charge >= 0.3 is 6.03 Å². The minimum Gasteiger partial charge on any atom is -0.390 e. The summed E-state index contributed by atoms with van der Waals surface area (Å²) in [4.78, 5) is 19.7. The average Bonchev–Trinajstić information content (AvgIpc) is 3.10. The smallest absolute Gasteiger partial charge is 0.317 e. The second-order valence-electron chi connectivity index (χ2n) is 6.63. The third kappa shape index (κ3) is 4.84. The lowest BCUT2D eigenvalue weighted by Gasteiger charge is -2.25. The number of rotatable bonds is 6. The van der Waals surface area contributed by atoms with E-state index in [9.17, 15) is 9.18 Å². The van der Waals surface area contributed by atoms with Crippen molar-refractivity contribution >= 4 is 11.7 Å². The highest BCUT2D eigenvalue weighted by atomic mass is 19.1. The lowest BCUT2D eigenvalue weighted by atomic mass is 10.0. The Balaban J connectivity index is 1.68. The quantitative estimate of drug-likeness (QED) is 0.841. The summed E-state index contributed by atoms with van der Waals surface area (Å²) in [5, 5.41) is 7.03. The van der Waals surface area contributed by atoms with Gasteiger partial charge in [0.1, 0.15) is 5.82 Å². The second-order valence-corrected chi connectivity index (χ2v) is 6.63. The van der Waals surface area contributed by atoms with Crippen molar-refractivity contribution in [1.29, 1.82) is 0 Å². The van der Waals surface area contributed by atoms with Gasteiger partial charge in [-0.1, -0.05) is 41.6 Å². The van der Waals surface area contributed by atoms with Gasteiger partial charge in [-0.25, -0.2) is 9.18 Å². The number of carbonyl (C=O) groups excluding carboxylic acids is 1. The van der Waals surface area contributed by atoms with Crippen molar-refractivity contribution < 1.29 is 14.0 Å². The van der Waals surface area contributed by atoms with Crippen LogP contribution < -0.4 is 5.32 Å². The van der Waals surface area contributed by atoms with E-state index >= 15 is 0 Å². The van der Waals surface area contributed by atoms with E-state index in [0.29, 0.717) is 26.1 Å². The predicted octanol–water partition coefficient (Wildman–Crippen LogP) is 3.86. The minimum atomic E-state index is -0.314. The minimum absolute atomic E-state index is 0.199. The van der Waals surface area contributed by atoms with Gasteiger partial charge in [0.15, 0.2) is 6.10 Å². The first-order chi connectivity index (χ1) is 13.1. The molecule has 0 saturated carbocycles. The third-order valence-corrected chi connectivity index (χ3v) is 4.49. The van der Waals surface area contributed by atoms with Crippen LogP contribution in [0.4, 0.5) is 9.18 Å². The van der Waals surface area contributed by atoms with Crippen LogP contribution >= 0.6 is 0 Å². The molecule has 142 valence electrons. The molecule has 3 rings (SSSR count). The second kappa shape index (κ2) is 8.66. The first-order valence-corrected chi connectivity index (χ1v) is 9.12. The maximum absolute atomic E-state index is 13.5. The molecular formula is C21H24FN3O2. The van der Waals surface area contributed by atoms with E-state index in [1.165, 1.54) is 12.1 Å². The first kappa shape index (κ1) is 18.9. The summed E-state index contributed by atoms with van der Waals surface area (Å²) >= 11 is 0. The molecule has 1 heterocycles. The largest absolute Gasteiger partial charge is 0.390 e. The highest BCUT2D eigenvalue weighted by Crippen LogP contribution is 2.21. The average molecular weight is 369 g/mol. The van der Waals surface area contributed by atoms with Gasteiger partial charge in [-0.3, -0.25) is 0 Å². The molecule has 1 aliphatic heterocycles. The number of hydrogen-bond acceptors (Lipinski definition) is 3. The van der Waals surface area contributed by atoms with Crippen LogP contribution in [0.2, 0.25) is 0 Å². The van der Waals surface area contributed by atoms with Gasteiger partial charge in [-0.15, -0.1) is 0 Å². The zero-order valence-corrected chi connectivity index (χ0v) is 15.6. The number of nitrogens with zero attached hydrogens (tertiary/aromatic N) is 2. The molecule has 27 heavy (non-hydrogen) atoms. The fraction of sp³-hybridized carbons (Fsp3) is 0.333. The topological polar surface area (TPSA) is 53.9 Å². The van der Waals surface area contributed by atoms with Crippen molar-refractivity contribution in [2.24, 2.45) is 5.16 Å². The molecule has 0 bridgehead atoms. The highest BCUT2D eigenvalue weighted by Gasteiger charge is 2.27. The van der Waals surface area contributed by atoms with E-state index in [0.717, 1.165) is 22.4 Å². The van der Waals surface area contributed by atoms with Gasteiger partial charge in [0.2, 0.25) is 0 Å². The fourth-order valence-corrected chi connectivity index (χ4v) is 3.17. The van der Waals surface area contributed by atoms with Gasteiger partial charge in [0.25, 0.3) is 0 Å². The SMILES string of the molecule is CCNC(=O)N(Cc1cccc(F)c1)C[C@@H]1CC(c2ccccc2C)=NO1. The van der Waals surface area contributed by atoms with E-state index in [2.05, 4.69) is 10.5 Å². The molecule has 2 aromatic rings. The van der Waals surface area contributed by atoms with Crippen molar-refractivity contribution in [2.75, 3.05) is 13.1 Å². The molecule has 2 aromatic carbocycles. The summed E-state index contributed by atoms with van der Waals surface area (Å²) in [6.07, 6.45) is 0.403. The van der Waals surface area contributed by atoms with Gasteiger partial charge < -0.3 is 15.1 Å². The van der Waals surface area contributed by atoms with Crippen LogP contribution in [0.5, 0.6) is 0 Å². The number of benzene rings is 2. The number of carbonyl (C=O) groups is 1. The van der Waals surface area contributed by atoms with E-state index in [1.807, 2.05) is 38.1 Å². The van der Waals surface area contributed by atoms with Gasteiger partial charge in [0.05, 0.1) is 12.3 Å². The number of aryl methyl sites for hydroxylation is 1. The van der Waals surface area contributed by atoms with Crippen LogP contribution in [0.1, 0.15) is 30.0 Å². The molecular weight excluding hydrogens is 345 g/mol. The number of hydrogen-bond donors (Lipinski definition) is 1. The van der Waals surface area contributed by atoms with Crippen LogP contribution in [0.25, 0.3) is 0 Å². The van der Waals surface area contributed by atoms with Crippen molar-refractivity contribution in [3.8, 4) is 0 Å². The maximum atomic E-state index is 13.5. The molecule has 6 heteroatoms. The van der Waals surface area contributed by atoms with Gasteiger partial charge in [-0.05, 0) is 37.1 Å².